The van der Waals surface area contributed by atoms with Crippen molar-refractivity contribution in [2.24, 2.45) is 5.92 Å². The van der Waals surface area contributed by atoms with Crippen molar-refractivity contribution in [1.29, 1.82) is 0 Å². The Morgan fingerprint density at radius 1 is 1.11 bits per heavy atom. The van der Waals surface area contributed by atoms with E-state index in [9.17, 15) is 13.2 Å². The summed E-state index contributed by atoms with van der Waals surface area (Å²) >= 11 is 0. The van der Waals surface area contributed by atoms with Crippen LogP contribution < -0.4 is 5.32 Å². The second-order valence-electron chi connectivity index (χ2n) is 5.00. The van der Waals surface area contributed by atoms with Gasteiger partial charge in [0, 0.05) is 0 Å². The summed E-state index contributed by atoms with van der Waals surface area (Å²) in [5.41, 5.74) is 0.443. The molecule has 100 valence electrons. The summed E-state index contributed by atoms with van der Waals surface area (Å²) in [5.74, 6) is 0.900. The Balaban J connectivity index is 2.09. The molecule has 2 rings (SSSR count). The van der Waals surface area contributed by atoms with Crippen molar-refractivity contribution in [3.63, 3.8) is 0 Å². The third kappa shape index (κ3) is 3.05. The highest BCUT2D eigenvalue weighted by Crippen LogP contribution is 2.33. The van der Waals surface area contributed by atoms with Gasteiger partial charge in [-0.3, -0.25) is 0 Å². The van der Waals surface area contributed by atoms with Crippen LogP contribution in [0.3, 0.4) is 0 Å². The summed E-state index contributed by atoms with van der Waals surface area (Å²) in [6.07, 6.45) is -2.04. The van der Waals surface area contributed by atoms with Crippen LogP contribution in [0.5, 0.6) is 0 Å². The normalized spacial score (nSPS) is 19.8. The molecule has 1 heterocycles. The van der Waals surface area contributed by atoms with E-state index in [-0.39, 0.29) is 0 Å². The monoisotopic (exact) mass is 257 g/mol. The van der Waals surface area contributed by atoms with Gasteiger partial charge in [0.1, 0.15) is 0 Å². The molecular weight excluding hydrogens is 239 g/mol. The zero-order valence-electron chi connectivity index (χ0n) is 10.4. The maximum Gasteiger partial charge on any atom is 0.416 e. The maximum atomic E-state index is 12.5. The molecule has 1 saturated heterocycles. The number of nitrogens with one attached hydrogen (secondary N) is 1. The molecule has 1 unspecified atom stereocenters. The van der Waals surface area contributed by atoms with Gasteiger partial charge < -0.3 is 5.32 Å². The van der Waals surface area contributed by atoms with E-state index in [0.29, 0.717) is 11.8 Å². The molecule has 0 aromatic heterocycles. The summed E-state index contributed by atoms with van der Waals surface area (Å²) in [6.45, 7) is 4.13. The zero-order valence-corrected chi connectivity index (χ0v) is 10.4. The quantitative estimate of drug-likeness (QED) is 0.849. The Hall–Kier alpha value is -1.03. The van der Waals surface area contributed by atoms with E-state index in [2.05, 4.69) is 12.2 Å². The van der Waals surface area contributed by atoms with Crippen LogP contribution in [0, 0.1) is 5.92 Å². The predicted octanol–water partition coefficient (Wildman–Crippen LogP) is 3.81. The molecule has 1 nitrogen and oxygen atoms in total. The van der Waals surface area contributed by atoms with E-state index in [0.717, 1.165) is 31.5 Å². The van der Waals surface area contributed by atoms with E-state index in [1.54, 1.807) is 12.1 Å². The maximum absolute atomic E-state index is 12.5. The first kappa shape index (κ1) is 13.4. The van der Waals surface area contributed by atoms with Crippen LogP contribution in [0.25, 0.3) is 0 Å². The van der Waals surface area contributed by atoms with E-state index in [1.807, 2.05) is 0 Å². The van der Waals surface area contributed by atoms with Gasteiger partial charge in [0.05, 0.1) is 5.56 Å². The molecule has 0 radical (unpaired) electrons. The van der Waals surface area contributed by atoms with Gasteiger partial charge in [-0.2, -0.15) is 13.2 Å². The molecule has 4 heteroatoms. The summed E-state index contributed by atoms with van der Waals surface area (Å²) < 4.78 is 37.4. The second-order valence-corrected chi connectivity index (χ2v) is 5.00. The Morgan fingerprint density at radius 2 is 1.67 bits per heavy atom. The van der Waals surface area contributed by atoms with Crippen molar-refractivity contribution in [1.82, 2.24) is 5.32 Å². The minimum absolute atomic E-state index is 0.328. The third-order valence-corrected chi connectivity index (χ3v) is 3.85. The van der Waals surface area contributed by atoms with E-state index < -0.39 is 11.7 Å². The van der Waals surface area contributed by atoms with Gasteiger partial charge in [0.15, 0.2) is 0 Å². The summed E-state index contributed by atoms with van der Waals surface area (Å²) in [4.78, 5) is 0. The van der Waals surface area contributed by atoms with Crippen LogP contribution in [0.1, 0.15) is 36.8 Å². The molecule has 0 saturated carbocycles. The fourth-order valence-corrected chi connectivity index (χ4v) is 2.59. The molecule has 1 atom stereocenters. The summed E-state index contributed by atoms with van der Waals surface area (Å²) in [6, 6.07) is 5.62. The molecule has 0 amide bonds. The fourth-order valence-electron chi connectivity index (χ4n) is 2.59. The molecular formula is C14H18F3N. The first-order valence-corrected chi connectivity index (χ1v) is 6.36. The molecule has 0 aliphatic carbocycles. The lowest BCUT2D eigenvalue weighted by molar-refractivity contribution is -0.137. The minimum atomic E-state index is -4.24. The summed E-state index contributed by atoms with van der Waals surface area (Å²) in [7, 11) is 0. The lowest BCUT2D eigenvalue weighted by atomic mass is 9.81. The lowest BCUT2D eigenvalue weighted by Gasteiger charge is -2.28. The van der Waals surface area contributed by atoms with Gasteiger partial charge in [0.25, 0.3) is 0 Å². The Labute approximate surface area is 105 Å². The highest BCUT2D eigenvalue weighted by Gasteiger charge is 2.30. The van der Waals surface area contributed by atoms with Crippen molar-refractivity contribution in [3.05, 3.63) is 35.4 Å². The van der Waals surface area contributed by atoms with Crippen LogP contribution >= 0.6 is 0 Å². The fraction of sp³-hybridized carbons (Fsp3) is 0.571. The topological polar surface area (TPSA) is 12.0 Å². The summed E-state index contributed by atoms with van der Waals surface area (Å²) in [5, 5.41) is 3.30. The van der Waals surface area contributed by atoms with Crippen LogP contribution in [-0.2, 0) is 6.18 Å². The highest BCUT2D eigenvalue weighted by atomic mass is 19.4. The Morgan fingerprint density at radius 3 is 2.17 bits per heavy atom. The van der Waals surface area contributed by atoms with E-state index in [1.165, 1.54) is 12.1 Å². The standard InChI is InChI=1S/C14H18F3N/c1-10(12-6-8-18-9-7-12)11-2-4-13(5-3-11)14(15,16)17/h2-5,10,12,18H,6-9H2,1H3. The van der Waals surface area contributed by atoms with Crippen LogP contribution in [0.2, 0.25) is 0 Å². The average molecular weight is 257 g/mol. The molecule has 1 aliphatic rings. The number of hydrogen-bond acceptors (Lipinski definition) is 1. The van der Waals surface area contributed by atoms with Gasteiger partial charge in [-0.1, -0.05) is 19.1 Å². The number of piperidine rings is 1. The first-order valence-electron chi connectivity index (χ1n) is 6.36. The lowest BCUT2D eigenvalue weighted by Crippen LogP contribution is -2.30. The van der Waals surface area contributed by atoms with Crippen molar-refractivity contribution in [3.8, 4) is 0 Å². The second kappa shape index (κ2) is 5.31. The zero-order chi connectivity index (χ0) is 13.2. The average Bonchev–Trinajstić information content (AvgIpc) is 2.38. The molecule has 1 aromatic rings. The van der Waals surface area contributed by atoms with Gasteiger partial charge in [-0.25, -0.2) is 0 Å². The smallest absolute Gasteiger partial charge is 0.317 e. The number of rotatable bonds is 2. The van der Waals surface area contributed by atoms with Gasteiger partial charge in [-0.15, -0.1) is 0 Å². The first-order chi connectivity index (χ1) is 8.48. The predicted molar refractivity (Wildman–Crippen MR) is 65.5 cm³/mol. The van der Waals surface area contributed by atoms with Crippen LogP contribution in [0.4, 0.5) is 13.2 Å². The van der Waals surface area contributed by atoms with Crippen molar-refractivity contribution in [2.75, 3.05) is 13.1 Å². The van der Waals surface area contributed by atoms with Crippen molar-refractivity contribution >= 4 is 0 Å². The Kier molecular flexibility index (Phi) is 3.95. The number of benzene rings is 1. The van der Waals surface area contributed by atoms with Gasteiger partial charge >= 0.3 is 6.18 Å². The van der Waals surface area contributed by atoms with E-state index >= 15 is 0 Å². The Bertz CT molecular complexity index is 377. The number of alkyl halides is 3. The third-order valence-electron chi connectivity index (χ3n) is 3.85. The highest BCUT2D eigenvalue weighted by molar-refractivity contribution is 5.27. The van der Waals surface area contributed by atoms with Crippen LogP contribution in [0.15, 0.2) is 24.3 Å². The molecule has 1 N–H and O–H groups in total. The largest absolute Gasteiger partial charge is 0.416 e. The number of hydrogen-bond donors (Lipinski definition) is 1. The van der Waals surface area contributed by atoms with Crippen molar-refractivity contribution in [2.45, 2.75) is 31.9 Å². The molecule has 0 spiro atoms. The molecule has 18 heavy (non-hydrogen) atoms. The SMILES string of the molecule is CC(c1ccc(C(F)(F)F)cc1)C1CCNCC1. The van der Waals surface area contributed by atoms with Gasteiger partial charge in [-0.05, 0) is 55.5 Å². The van der Waals surface area contributed by atoms with Gasteiger partial charge in [0.2, 0.25) is 0 Å². The molecule has 1 fully saturated rings. The molecule has 1 aromatic carbocycles. The molecule has 0 bridgehead atoms. The van der Waals surface area contributed by atoms with Crippen LogP contribution in [-0.4, -0.2) is 13.1 Å². The van der Waals surface area contributed by atoms with Crippen molar-refractivity contribution < 1.29 is 13.2 Å². The van der Waals surface area contributed by atoms with E-state index in [4.69, 9.17) is 0 Å². The molecule has 1 aliphatic heterocycles. The minimum Gasteiger partial charge on any atom is -0.317 e. The number of halogens is 3.